The lowest BCUT2D eigenvalue weighted by Crippen LogP contribution is -2.32. The number of halogens is 2. The van der Waals surface area contributed by atoms with Gasteiger partial charge in [0.1, 0.15) is 5.82 Å². The first-order chi connectivity index (χ1) is 9.56. The summed E-state index contributed by atoms with van der Waals surface area (Å²) in [6.07, 6.45) is 2.67. The third-order valence-electron chi connectivity index (χ3n) is 3.97. The summed E-state index contributed by atoms with van der Waals surface area (Å²) in [5.74, 6) is 0.445. The highest BCUT2D eigenvalue weighted by molar-refractivity contribution is 9.10. The highest BCUT2D eigenvalue weighted by Crippen LogP contribution is 2.21. The summed E-state index contributed by atoms with van der Waals surface area (Å²) in [7, 11) is 0. The zero-order valence-electron chi connectivity index (χ0n) is 12.3. The lowest BCUT2D eigenvalue weighted by atomic mass is 10.1. The standard InChI is InChI=1S/C16H24BrFN2/c1-12(11-20-7-3-4-8-20)10-19-13(2)15-6-5-14(17)9-16(15)18/h5-6,9,12-13,19H,3-4,7-8,10-11H2,1-2H3. The van der Waals surface area contributed by atoms with Crippen molar-refractivity contribution in [1.82, 2.24) is 10.2 Å². The van der Waals surface area contributed by atoms with Crippen LogP contribution in [-0.2, 0) is 0 Å². The van der Waals surface area contributed by atoms with E-state index in [0.29, 0.717) is 5.92 Å². The van der Waals surface area contributed by atoms with E-state index in [4.69, 9.17) is 0 Å². The van der Waals surface area contributed by atoms with Gasteiger partial charge in [-0.05, 0) is 57.5 Å². The van der Waals surface area contributed by atoms with Crippen LogP contribution in [0.2, 0.25) is 0 Å². The van der Waals surface area contributed by atoms with Crippen LogP contribution < -0.4 is 5.32 Å². The molecule has 1 heterocycles. The fraction of sp³-hybridized carbons (Fsp3) is 0.625. The summed E-state index contributed by atoms with van der Waals surface area (Å²) in [4.78, 5) is 2.53. The van der Waals surface area contributed by atoms with Crippen LogP contribution in [-0.4, -0.2) is 31.1 Å². The van der Waals surface area contributed by atoms with Crippen molar-refractivity contribution in [3.8, 4) is 0 Å². The van der Waals surface area contributed by atoms with Gasteiger partial charge >= 0.3 is 0 Å². The molecule has 0 saturated carbocycles. The Morgan fingerprint density at radius 3 is 2.65 bits per heavy atom. The molecule has 112 valence electrons. The van der Waals surface area contributed by atoms with Gasteiger partial charge in [0, 0.05) is 22.6 Å². The lowest BCUT2D eigenvalue weighted by Gasteiger charge is -2.23. The molecule has 1 aliphatic heterocycles. The molecule has 4 heteroatoms. The Labute approximate surface area is 129 Å². The third kappa shape index (κ3) is 4.54. The summed E-state index contributed by atoms with van der Waals surface area (Å²) in [5.41, 5.74) is 0.738. The first kappa shape index (κ1) is 15.9. The Morgan fingerprint density at radius 2 is 2.00 bits per heavy atom. The molecule has 2 nitrogen and oxygen atoms in total. The van der Waals surface area contributed by atoms with E-state index in [1.807, 2.05) is 19.1 Å². The van der Waals surface area contributed by atoms with Crippen LogP contribution in [0, 0.1) is 11.7 Å². The normalized spacial score (nSPS) is 19.2. The summed E-state index contributed by atoms with van der Waals surface area (Å²) in [6, 6.07) is 5.32. The van der Waals surface area contributed by atoms with Crippen LogP contribution in [0.3, 0.4) is 0 Å². The highest BCUT2D eigenvalue weighted by atomic mass is 79.9. The van der Waals surface area contributed by atoms with Crippen molar-refractivity contribution in [2.45, 2.75) is 32.7 Å². The first-order valence-electron chi connectivity index (χ1n) is 7.47. The molecule has 2 atom stereocenters. The molecule has 1 aromatic carbocycles. The Kier molecular flexibility index (Phi) is 6.00. The number of nitrogens with zero attached hydrogens (tertiary/aromatic N) is 1. The van der Waals surface area contributed by atoms with Gasteiger partial charge in [0.25, 0.3) is 0 Å². The van der Waals surface area contributed by atoms with Gasteiger partial charge in [0.15, 0.2) is 0 Å². The fourth-order valence-electron chi connectivity index (χ4n) is 2.81. The molecule has 0 aliphatic carbocycles. The van der Waals surface area contributed by atoms with Crippen LogP contribution >= 0.6 is 15.9 Å². The monoisotopic (exact) mass is 342 g/mol. The Bertz CT molecular complexity index is 432. The van der Waals surface area contributed by atoms with Gasteiger partial charge < -0.3 is 10.2 Å². The average Bonchev–Trinajstić information content (AvgIpc) is 2.89. The van der Waals surface area contributed by atoms with Crippen LogP contribution in [0.4, 0.5) is 4.39 Å². The van der Waals surface area contributed by atoms with E-state index >= 15 is 0 Å². The maximum atomic E-state index is 13.9. The second-order valence-electron chi connectivity index (χ2n) is 5.91. The first-order valence-corrected chi connectivity index (χ1v) is 8.26. The molecule has 1 fully saturated rings. The fourth-order valence-corrected chi connectivity index (χ4v) is 3.14. The number of benzene rings is 1. The maximum absolute atomic E-state index is 13.9. The van der Waals surface area contributed by atoms with Crippen LogP contribution in [0.25, 0.3) is 0 Å². The van der Waals surface area contributed by atoms with Gasteiger partial charge in [0.2, 0.25) is 0 Å². The molecule has 20 heavy (non-hydrogen) atoms. The molecular weight excluding hydrogens is 319 g/mol. The molecule has 0 amide bonds. The zero-order chi connectivity index (χ0) is 14.5. The summed E-state index contributed by atoms with van der Waals surface area (Å²) >= 11 is 3.29. The largest absolute Gasteiger partial charge is 0.310 e. The molecule has 1 aromatic rings. The summed E-state index contributed by atoms with van der Waals surface area (Å²) in [6.45, 7) is 8.82. The lowest BCUT2D eigenvalue weighted by molar-refractivity contribution is 0.278. The predicted molar refractivity (Wildman–Crippen MR) is 85.4 cm³/mol. The van der Waals surface area contributed by atoms with E-state index in [2.05, 4.69) is 33.1 Å². The predicted octanol–water partition coefficient (Wildman–Crippen LogP) is 3.97. The Balaban J connectivity index is 1.80. The number of hydrogen-bond donors (Lipinski definition) is 1. The topological polar surface area (TPSA) is 15.3 Å². The minimum Gasteiger partial charge on any atom is -0.310 e. The average molecular weight is 343 g/mol. The molecule has 1 aliphatic rings. The highest BCUT2D eigenvalue weighted by Gasteiger charge is 2.16. The van der Waals surface area contributed by atoms with Gasteiger partial charge in [-0.3, -0.25) is 0 Å². The molecule has 1 N–H and O–H groups in total. The van der Waals surface area contributed by atoms with Crippen molar-refractivity contribution < 1.29 is 4.39 Å². The molecule has 1 saturated heterocycles. The number of nitrogens with one attached hydrogen (secondary N) is 1. The van der Waals surface area contributed by atoms with Crippen molar-refractivity contribution >= 4 is 15.9 Å². The van der Waals surface area contributed by atoms with Gasteiger partial charge in [-0.2, -0.15) is 0 Å². The van der Waals surface area contributed by atoms with Crippen molar-refractivity contribution in [3.05, 3.63) is 34.1 Å². The summed E-state index contributed by atoms with van der Waals surface area (Å²) < 4.78 is 14.7. The van der Waals surface area contributed by atoms with Gasteiger partial charge in [0.05, 0.1) is 0 Å². The second kappa shape index (κ2) is 7.53. The van der Waals surface area contributed by atoms with Crippen molar-refractivity contribution in [2.75, 3.05) is 26.2 Å². The van der Waals surface area contributed by atoms with Crippen molar-refractivity contribution in [1.29, 1.82) is 0 Å². The van der Waals surface area contributed by atoms with E-state index in [0.717, 1.165) is 23.1 Å². The zero-order valence-corrected chi connectivity index (χ0v) is 13.9. The molecule has 0 spiro atoms. The minimum atomic E-state index is -0.147. The SMILES string of the molecule is CC(CNC(C)c1ccc(Br)cc1F)CN1CCCC1. The van der Waals surface area contributed by atoms with E-state index in [-0.39, 0.29) is 11.9 Å². The Morgan fingerprint density at radius 1 is 1.30 bits per heavy atom. The van der Waals surface area contributed by atoms with Crippen molar-refractivity contribution in [2.24, 2.45) is 5.92 Å². The molecular formula is C16H24BrFN2. The smallest absolute Gasteiger partial charge is 0.129 e. The second-order valence-corrected chi connectivity index (χ2v) is 6.82. The van der Waals surface area contributed by atoms with Crippen molar-refractivity contribution in [3.63, 3.8) is 0 Å². The van der Waals surface area contributed by atoms with Gasteiger partial charge in [-0.15, -0.1) is 0 Å². The van der Waals surface area contributed by atoms with E-state index in [9.17, 15) is 4.39 Å². The molecule has 0 aromatic heterocycles. The van der Waals surface area contributed by atoms with Gasteiger partial charge in [-0.1, -0.05) is 28.9 Å². The number of likely N-dealkylation sites (tertiary alicyclic amines) is 1. The molecule has 0 radical (unpaired) electrons. The third-order valence-corrected chi connectivity index (χ3v) is 4.46. The van der Waals surface area contributed by atoms with Crippen LogP contribution in [0.15, 0.2) is 22.7 Å². The van der Waals surface area contributed by atoms with E-state index in [1.165, 1.54) is 32.0 Å². The minimum absolute atomic E-state index is 0.0455. The quantitative estimate of drug-likeness (QED) is 0.841. The van der Waals surface area contributed by atoms with Crippen LogP contribution in [0.5, 0.6) is 0 Å². The van der Waals surface area contributed by atoms with E-state index < -0.39 is 0 Å². The number of rotatable bonds is 6. The molecule has 0 bridgehead atoms. The number of hydrogen-bond acceptors (Lipinski definition) is 2. The van der Waals surface area contributed by atoms with Crippen LogP contribution in [0.1, 0.15) is 38.3 Å². The molecule has 2 rings (SSSR count). The maximum Gasteiger partial charge on any atom is 0.129 e. The van der Waals surface area contributed by atoms with Gasteiger partial charge in [-0.25, -0.2) is 4.39 Å². The summed E-state index contributed by atoms with van der Waals surface area (Å²) in [5, 5.41) is 3.45. The Hall–Kier alpha value is -0.450. The van der Waals surface area contributed by atoms with E-state index in [1.54, 1.807) is 0 Å². The molecule has 2 unspecified atom stereocenters.